The number of anilines is 1. The van der Waals surface area contributed by atoms with Crippen LogP contribution in [0, 0.1) is 12.7 Å². The van der Waals surface area contributed by atoms with Crippen LogP contribution in [0.3, 0.4) is 0 Å². The number of rotatable bonds is 3. The Morgan fingerprint density at radius 1 is 1.19 bits per heavy atom. The normalized spacial score (nSPS) is 15.0. The molecule has 0 unspecified atom stereocenters. The topological polar surface area (TPSA) is 63.6 Å². The molecule has 0 bridgehead atoms. The Labute approximate surface area is 151 Å². The molecule has 2 amide bonds. The number of piperidine rings is 1. The molecule has 1 saturated heterocycles. The summed E-state index contributed by atoms with van der Waals surface area (Å²) in [5.74, 6) is 0.228. The standard InChI is InChI=1S/C19H22FN3O3/c1-13-11-17(12-18(24)22(13)2)26-16-7-9-23(10-8-16)19(25)21-15-5-3-14(20)4-6-15/h3-6,11-12,16H,7-10H2,1-2H3,(H,21,25). The van der Waals surface area contributed by atoms with Crippen LogP contribution in [0.4, 0.5) is 14.9 Å². The van der Waals surface area contributed by atoms with Gasteiger partial charge in [0, 0.05) is 50.4 Å². The summed E-state index contributed by atoms with van der Waals surface area (Å²) >= 11 is 0. The lowest BCUT2D eigenvalue weighted by molar-refractivity contribution is 0.115. The number of carbonyl (C=O) groups excluding carboxylic acids is 1. The monoisotopic (exact) mass is 359 g/mol. The third kappa shape index (κ3) is 4.22. The van der Waals surface area contributed by atoms with E-state index in [1.165, 1.54) is 30.3 Å². The number of hydrogen-bond donors (Lipinski definition) is 1. The number of aromatic nitrogens is 1. The molecule has 6 nitrogen and oxygen atoms in total. The van der Waals surface area contributed by atoms with Crippen LogP contribution < -0.4 is 15.6 Å². The maximum absolute atomic E-state index is 12.9. The molecule has 7 heteroatoms. The van der Waals surface area contributed by atoms with E-state index >= 15 is 0 Å². The summed E-state index contributed by atoms with van der Waals surface area (Å²) in [6.07, 6.45) is 1.34. The molecule has 26 heavy (non-hydrogen) atoms. The summed E-state index contributed by atoms with van der Waals surface area (Å²) in [4.78, 5) is 25.8. The van der Waals surface area contributed by atoms with Gasteiger partial charge in [-0.25, -0.2) is 9.18 Å². The molecule has 1 aliphatic heterocycles. The number of likely N-dealkylation sites (tertiary alicyclic amines) is 1. The lowest BCUT2D eigenvalue weighted by atomic mass is 10.1. The zero-order chi connectivity index (χ0) is 18.7. The number of amides is 2. The Bertz CT molecular complexity index is 840. The van der Waals surface area contributed by atoms with E-state index in [1.54, 1.807) is 16.5 Å². The van der Waals surface area contributed by atoms with Crippen LogP contribution in [-0.2, 0) is 7.05 Å². The van der Waals surface area contributed by atoms with Gasteiger partial charge in [0.25, 0.3) is 5.56 Å². The summed E-state index contributed by atoms with van der Waals surface area (Å²) in [5.41, 5.74) is 1.30. The Morgan fingerprint density at radius 2 is 1.85 bits per heavy atom. The minimum Gasteiger partial charge on any atom is -0.490 e. The zero-order valence-electron chi connectivity index (χ0n) is 14.9. The molecule has 138 valence electrons. The van der Waals surface area contributed by atoms with E-state index in [9.17, 15) is 14.0 Å². The van der Waals surface area contributed by atoms with E-state index < -0.39 is 0 Å². The van der Waals surface area contributed by atoms with Crippen LogP contribution in [0.2, 0.25) is 0 Å². The zero-order valence-corrected chi connectivity index (χ0v) is 14.9. The van der Waals surface area contributed by atoms with Gasteiger partial charge in [-0.3, -0.25) is 4.79 Å². The molecule has 0 saturated carbocycles. The second-order valence-corrected chi connectivity index (χ2v) is 6.47. The van der Waals surface area contributed by atoms with Gasteiger partial charge in [-0.05, 0) is 37.3 Å². The summed E-state index contributed by atoms with van der Waals surface area (Å²) in [7, 11) is 1.72. The lowest BCUT2D eigenvalue weighted by Crippen LogP contribution is -2.43. The Balaban J connectivity index is 1.53. The molecule has 2 aromatic rings. The van der Waals surface area contributed by atoms with Crippen molar-refractivity contribution in [2.45, 2.75) is 25.9 Å². The molecular formula is C19H22FN3O3. The Morgan fingerprint density at radius 3 is 2.46 bits per heavy atom. The molecular weight excluding hydrogens is 337 g/mol. The van der Waals surface area contributed by atoms with Gasteiger partial charge in [-0.15, -0.1) is 0 Å². The fourth-order valence-electron chi connectivity index (χ4n) is 2.91. The molecule has 1 aromatic heterocycles. The first-order chi connectivity index (χ1) is 12.4. The SMILES string of the molecule is Cc1cc(OC2CCN(C(=O)Nc3ccc(F)cc3)CC2)cc(=O)n1C. The van der Waals surface area contributed by atoms with E-state index in [4.69, 9.17) is 4.74 Å². The van der Waals surface area contributed by atoms with Gasteiger partial charge in [-0.2, -0.15) is 0 Å². The van der Waals surface area contributed by atoms with Gasteiger partial charge >= 0.3 is 6.03 Å². The van der Waals surface area contributed by atoms with Crippen molar-refractivity contribution >= 4 is 11.7 Å². The number of halogens is 1. The van der Waals surface area contributed by atoms with Crippen molar-refractivity contribution in [3.05, 3.63) is 58.3 Å². The van der Waals surface area contributed by atoms with Crippen molar-refractivity contribution in [1.29, 1.82) is 0 Å². The van der Waals surface area contributed by atoms with Crippen molar-refractivity contribution in [1.82, 2.24) is 9.47 Å². The highest BCUT2D eigenvalue weighted by molar-refractivity contribution is 5.89. The summed E-state index contributed by atoms with van der Waals surface area (Å²) in [6.45, 7) is 2.97. The summed E-state index contributed by atoms with van der Waals surface area (Å²) in [6, 6.07) is 8.79. The molecule has 1 aliphatic rings. The van der Waals surface area contributed by atoms with Crippen LogP contribution in [-0.4, -0.2) is 34.7 Å². The maximum Gasteiger partial charge on any atom is 0.321 e. The molecule has 1 N–H and O–H groups in total. The van der Waals surface area contributed by atoms with E-state index in [1.807, 2.05) is 13.0 Å². The van der Waals surface area contributed by atoms with Gasteiger partial charge < -0.3 is 19.5 Å². The van der Waals surface area contributed by atoms with Crippen LogP contribution in [0.15, 0.2) is 41.2 Å². The first kappa shape index (κ1) is 18.0. The number of carbonyl (C=O) groups is 1. The number of hydrogen-bond acceptors (Lipinski definition) is 3. The van der Waals surface area contributed by atoms with E-state index in [2.05, 4.69) is 5.32 Å². The molecule has 0 radical (unpaired) electrons. The summed E-state index contributed by atoms with van der Waals surface area (Å²) in [5, 5.41) is 2.76. The van der Waals surface area contributed by atoms with Gasteiger partial charge in [-0.1, -0.05) is 0 Å². The van der Waals surface area contributed by atoms with Crippen molar-refractivity contribution < 1.29 is 13.9 Å². The second-order valence-electron chi connectivity index (χ2n) is 6.47. The predicted octanol–water partition coefficient (Wildman–Crippen LogP) is 2.91. The van der Waals surface area contributed by atoms with Crippen molar-refractivity contribution in [2.24, 2.45) is 7.05 Å². The number of aryl methyl sites for hydroxylation is 1. The fourth-order valence-corrected chi connectivity index (χ4v) is 2.91. The molecule has 0 aliphatic carbocycles. The minimum absolute atomic E-state index is 0.0311. The average Bonchev–Trinajstić information content (AvgIpc) is 2.62. The second kappa shape index (κ2) is 7.59. The smallest absolute Gasteiger partial charge is 0.321 e. The molecule has 3 rings (SSSR count). The van der Waals surface area contributed by atoms with Crippen molar-refractivity contribution in [3.63, 3.8) is 0 Å². The van der Waals surface area contributed by atoms with Crippen molar-refractivity contribution in [3.8, 4) is 5.75 Å². The van der Waals surface area contributed by atoms with E-state index in [0.717, 1.165) is 5.69 Å². The van der Waals surface area contributed by atoms with Gasteiger partial charge in [0.1, 0.15) is 17.7 Å². The van der Waals surface area contributed by atoms with Gasteiger partial charge in [0.15, 0.2) is 0 Å². The Hall–Kier alpha value is -2.83. The van der Waals surface area contributed by atoms with E-state index in [0.29, 0.717) is 37.4 Å². The third-order valence-corrected chi connectivity index (χ3v) is 4.60. The fraction of sp³-hybridized carbons (Fsp3) is 0.368. The number of nitrogens with zero attached hydrogens (tertiary/aromatic N) is 2. The number of urea groups is 1. The highest BCUT2D eigenvalue weighted by Gasteiger charge is 2.24. The van der Waals surface area contributed by atoms with E-state index in [-0.39, 0.29) is 23.5 Å². The van der Waals surface area contributed by atoms with Crippen LogP contribution in [0.1, 0.15) is 18.5 Å². The molecule has 1 fully saturated rings. The quantitative estimate of drug-likeness (QED) is 0.917. The molecule has 1 aromatic carbocycles. The van der Waals surface area contributed by atoms with Gasteiger partial charge in [0.2, 0.25) is 0 Å². The van der Waals surface area contributed by atoms with Crippen LogP contribution in [0.25, 0.3) is 0 Å². The maximum atomic E-state index is 12.9. The average molecular weight is 359 g/mol. The van der Waals surface area contributed by atoms with Crippen molar-refractivity contribution in [2.75, 3.05) is 18.4 Å². The lowest BCUT2D eigenvalue weighted by Gasteiger charge is -2.32. The summed E-state index contributed by atoms with van der Waals surface area (Å²) < 4.78 is 20.4. The van der Waals surface area contributed by atoms with Crippen LogP contribution in [0.5, 0.6) is 5.75 Å². The number of nitrogens with one attached hydrogen (secondary N) is 1. The number of pyridine rings is 1. The Kier molecular flexibility index (Phi) is 5.25. The van der Waals surface area contributed by atoms with Crippen LogP contribution >= 0.6 is 0 Å². The first-order valence-corrected chi connectivity index (χ1v) is 8.58. The predicted molar refractivity (Wildman–Crippen MR) is 97.1 cm³/mol. The highest BCUT2D eigenvalue weighted by atomic mass is 19.1. The minimum atomic E-state index is -0.341. The number of ether oxygens (including phenoxy) is 1. The van der Waals surface area contributed by atoms with Gasteiger partial charge in [0.05, 0.1) is 0 Å². The third-order valence-electron chi connectivity index (χ3n) is 4.60. The molecule has 2 heterocycles. The highest BCUT2D eigenvalue weighted by Crippen LogP contribution is 2.19. The first-order valence-electron chi connectivity index (χ1n) is 8.58. The number of benzene rings is 1. The largest absolute Gasteiger partial charge is 0.490 e. The molecule has 0 atom stereocenters. The molecule has 0 spiro atoms.